The fourth-order valence-electron chi connectivity index (χ4n) is 3.30. The highest BCUT2D eigenvalue weighted by Gasteiger charge is 2.24. The van der Waals surface area contributed by atoms with E-state index in [9.17, 15) is 4.79 Å². The molecule has 1 amide bonds. The number of carbonyl (C=O) groups is 1. The van der Waals surface area contributed by atoms with Crippen LogP contribution in [-0.4, -0.2) is 23.5 Å². The molecule has 29 heavy (non-hydrogen) atoms. The molecule has 2 atom stereocenters. The molecule has 1 saturated carbocycles. The first-order chi connectivity index (χ1) is 13.2. The minimum Gasteiger partial charge on any atom is -0.490 e. The lowest BCUT2D eigenvalue weighted by Gasteiger charge is -2.25. The first-order valence-corrected chi connectivity index (χ1v) is 9.53. The number of carbonyl (C=O) groups excluding carboxylic acids is 1. The van der Waals surface area contributed by atoms with E-state index in [0.717, 1.165) is 31.2 Å². The fourth-order valence-corrected chi connectivity index (χ4v) is 3.30. The van der Waals surface area contributed by atoms with Gasteiger partial charge in [-0.05, 0) is 43.9 Å². The second-order valence-electron chi connectivity index (χ2n) is 6.83. The molecule has 8 heteroatoms. The predicted octanol–water partition coefficient (Wildman–Crippen LogP) is 4.25. The Balaban J connectivity index is 0.00000210. The summed E-state index contributed by atoms with van der Waals surface area (Å²) in [5.41, 5.74) is 6.89. The number of halogens is 2. The number of hydrogen-bond acceptors (Lipinski definition) is 5. The minimum atomic E-state index is 0. The van der Waals surface area contributed by atoms with Crippen molar-refractivity contribution in [1.82, 2.24) is 10.3 Å². The van der Waals surface area contributed by atoms with Gasteiger partial charge in [0, 0.05) is 30.8 Å². The van der Waals surface area contributed by atoms with Gasteiger partial charge in [-0.3, -0.25) is 4.79 Å². The first-order valence-electron chi connectivity index (χ1n) is 9.53. The molecule has 0 radical (unpaired) electrons. The van der Waals surface area contributed by atoms with Gasteiger partial charge < -0.3 is 20.5 Å². The van der Waals surface area contributed by atoms with Crippen LogP contribution in [0.25, 0.3) is 0 Å². The van der Waals surface area contributed by atoms with Crippen LogP contribution >= 0.6 is 24.8 Å². The molecule has 1 aromatic heterocycles. The van der Waals surface area contributed by atoms with Gasteiger partial charge in [0.1, 0.15) is 0 Å². The van der Waals surface area contributed by atoms with Crippen LogP contribution in [0.2, 0.25) is 0 Å². The van der Waals surface area contributed by atoms with E-state index < -0.39 is 0 Å². The Kier molecular flexibility index (Phi) is 10.8. The van der Waals surface area contributed by atoms with E-state index in [-0.39, 0.29) is 42.7 Å². The van der Waals surface area contributed by atoms with Gasteiger partial charge in [0.15, 0.2) is 11.5 Å². The van der Waals surface area contributed by atoms with Crippen molar-refractivity contribution in [2.75, 3.05) is 6.61 Å². The lowest BCUT2D eigenvalue weighted by Crippen LogP contribution is -2.37. The van der Waals surface area contributed by atoms with Crippen molar-refractivity contribution in [3.63, 3.8) is 0 Å². The van der Waals surface area contributed by atoms with Crippen LogP contribution in [0.3, 0.4) is 0 Å². The summed E-state index contributed by atoms with van der Waals surface area (Å²) in [5, 5.41) is 2.99. The molecule has 1 aliphatic carbocycles. The Morgan fingerprint density at radius 1 is 1.17 bits per heavy atom. The van der Waals surface area contributed by atoms with Crippen molar-refractivity contribution >= 4 is 30.7 Å². The van der Waals surface area contributed by atoms with Crippen LogP contribution in [0.4, 0.5) is 0 Å². The van der Waals surface area contributed by atoms with Crippen LogP contribution < -0.4 is 20.5 Å². The average Bonchev–Trinajstić information content (AvgIpc) is 2.69. The molecule has 2 aromatic rings. The van der Waals surface area contributed by atoms with Crippen molar-refractivity contribution in [1.29, 1.82) is 0 Å². The standard InChI is InChI=1S/C21H27N3O3.2ClH/c1-2-26-18-8-3-4-9-19(18)27-20-11-10-15(13-23-20)14-24-21(25)16-6-5-7-17(22)12-16;;/h3-4,8-11,13,16-17H,2,5-7,12,14,22H2,1H3,(H,24,25);2*1H. The van der Waals surface area contributed by atoms with Gasteiger partial charge in [-0.2, -0.15) is 0 Å². The van der Waals surface area contributed by atoms with Gasteiger partial charge in [-0.1, -0.05) is 24.6 Å². The van der Waals surface area contributed by atoms with E-state index in [1.165, 1.54) is 0 Å². The zero-order valence-corrected chi connectivity index (χ0v) is 18.1. The fraction of sp³-hybridized carbons (Fsp3) is 0.429. The van der Waals surface area contributed by atoms with Crippen molar-refractivity contribution in [2.45, 2.75) is 45.2 Å². The molecular formula is C21H29Cl2N3O3. The zero-order chi connectivity index (χ0) is 19.1. The molecule has 0 saturated heterocycles. The molecular weight excluding hydrogens is 413 g/mol. The molecule has 160 valence electrons. The summed E-state index contributed by atoms with van der Waals surface area (Å²) < 4.78 is 11.4. The third-order valence-corrected chi connectivity index (χ3v) is 4.71. The van der Waals surface area contributed by atoms with Crippen molar-refractivity contribution < 1.29 is 14.3 Å². The Hall–Kier alpha value is -2.02. The number of hydrogen-bond donors (Lipinski definition) is 2. The second-order valence-corrected chi connectivity index (χ2v) is 6.83. The van der Waals surface area contributed by atoms with E-state index in [1.807, 2.05) is 37.3 Å². The van der Waals surface area contributed by atoms with Crippen molar-refractivity contribution in [2.24, 2.45) is 11.7 Å². The Morgan fingerprint density at radius 2 is 1.93 bits per heavy atom. The zero-order valence-electron chi connectivity index (χ0n) is 16.5. The largest absolute Gasteiger partial charge is 0.490 e. The molecule has 6 nitrogen and oxygen atoms in total. The van der Waals surface area contributed by atoms with E-state index >= 15 is 0 Å². The van der Waals surface area contributed by atoms with Crippen LogP contribution in [0.1, 0.15) is 38.2 Å². The number of aromatic nitrogens is 1. The summed E-state index contributed by atoms with van der Waals surface area (Å²) in [6, 6.07) is 11.3. The molecule has 2 unspecified atom stereocenters. The highest BCUT2D eigenvalue weighted by Crippen LogP contribution is 2.30. The maximum absolute atomic E-state index is 12.3. The number of ether oxygens (including phenoxy) is 2. The number of nitrogens with zero attached hydrogens (tertiary/aromatic N) is 1. The highest BCUT2D eigenvalue weighted by molar-refractivity contribution is 5.85. The van der Waals surface area contributed by atoms with Crippen LogP contribution in [0.15, 0.2) is 42.6 Å². The van der Waals surface area contributed by atoms with Crippen molar-refractivity contribution in [3.8, 4) is 17.4 Å². The maximum Gasteiger partial charge on any atom is 0.223 e. The molecule has 1 aromatic carbocycles. The SMILES string of the molecule is CCOc1ccccc1Oc1ccc(CNC(=O)C2CCCC(N)C2)cn1.Cl.Cl. The molecule has 3 rings (SSSR count). The maximum atomic E-state index is 12.3. The smallest absolute Gasteiger partial charge is 0.223 e. The summed E-state index contributed by atoms with van der Waals surface area (Å²) >= 11 is 0. The summed E-state index contributed by atoms with van der Waals surface area (Å²) in [6.45, 7) is 2.95. The lowest BCUT2D eigenvalue weighted by molar-refractivity contribution is -0.126. The Bertz CT molecular complexity index is 759. The van der Waals surface area contributed by atoms with E-state index in [1.54, 1.807) is 12.3 Å². The topological polar surface area (TPSA) is 86.5 Å². The molecule has 0 spiro atoms. The van der Waals surface area contributed by atoms with Crippen molar-refractivity contribution in [3.05, 3.63) is 48.2 Å². The van der Waals surface area contributed by atoms with Gasteiger partial charge in [0.2, 0.25) is 11.8 Å². The molecule has 0 bridgehead atoms. The molecule has 0 aliphatic heterocycles. The number of amides is 1. The first kappa shape index (κ1) is 25.0. The van der Waals surface area contributed by atoms with Crippen LogP contribution in [0.5, 0.6) is 17.4 Å². The third-order valence-electron chi connectivity index (χ3n) is 4.71. The summed E-state index contributed by atoms with van der Waals surface area (Å²) in [4.78, 5) is 16.6. The number of pyridine rings is 1. The minimum absolute atomic E-state index is 0. The number of rotatable bonds is 7. The predicted molar refractivity (Wildman–Crippen MR) is 118 cm³/mol. The second kappa shape index (κ2) is 12.5. The molecule has 1 aliphatic rings. The Morgan fingerprint density at radius 3 is 2.59 bits per heavy atom. The number of benzene rings is 1. The molecule has 1 heterocycles. The number of nitrogens with two attached hydrogens (primary N) is 1. The molecule has 1 fully saturated rings. The van der Waals surface area contributed by atoms with Crippen LogP contribution in [-0.2, 0) is 11.3 Å². The summed E-state index contributed by atoms with van der Waals surface area (Å²) in [6.07, 6.45) is 5.45. The monoisotopic (exact) mass is 441 g/mol. The van der Waals surface area contributed by atoms with Gasteiger partial charge >= 0.3 is 0 Å². The highest BCUT2D eigenvalue weighted by atomic mass is 35.5. The van der Waals surface area contributed by atoms with Gasteiger partial charge in [-0.15, -0.1) is 24.8 Å². The van der Waals surface area contributed by atoms with Gasteiger partial charge in [-0.25, -0.2) is 4.98 Å². The molecule has 3 N–H and O–H groups in total. The third kappa shape index (κ3) is 7.38. The van der Waals surface area contributed by atoms with Gasteiger partial charge in [0.25, 0.3) is 0 Å². The number of para-hydroxylation sites is 2. The van der Waals surface area contributed by atoms with E-state index in [2.05, 4.69) is 10.3 Å². The van der Waals surface area contributed by atoms with Crippen LogP contribution in [0, 0.1) is 5.92 Å². The number of nitrogens with one attached hydrogen (secondary N) is 1. The normalized spacial score (nSPS) is 18.0. The van der Waals surface area contributed by atoms with E-state index in [4.69, 9.17) is 15.2 Å². The lowest BCUT2D eigenvalue weighted by atomic mass is 9.85. The van der Waals surface area contributed by atoms with Gasteiger partial charge in [0.05, 0.1) is 6.61 Å². The quantitative estimate of drug-likeness (QED) is 0.670. The summed E-state index contributed by atoms with van der Waals surface area (Å²) in [7, 11) is 0. The Labute approximate surface area is 184 Å². The van der Waals surface area contributed by atoms with E-state index in [0.29, 0.717) is 30.5 Å². The summed E-state index contributed by atoms with van der Waals surface area (Å²) in [5.74, 6) is 1.90. The average molecular weight is 442 g/mol.